The Morgan fingerprint density at radius 2 is 1.74 bits per heavy atom. The topological polar surface area (TPSA) is 35.2 Å². The van der Waals surface area contributed by atoms with Crippen molar-refractivity contribution in [1.82, 2.24) is 0 Å². The lowest BCUT2D eigenvalue weighted by atomic mass is 9.85. The molecule has 0 unspecified atom stereocenters. The summed E-state index contributed by atoms with van der Waals surface area (Å²) in [7, 11) is 1.74. The maximum absolute atomic E-state index is 6.04. The zero-order valence-electron chi connectivity index (χ0n) is 13.3. The largest absolute Gasteiger partial charge is 0.496 e. The summed E-state index contributed by atoms with van der Waals surface area (Å²) in [5.41, 5.74) is 8.77. The fourth-order valence-electron chi connectivity index (χ4n) is 2.17. The molecule has 1 rings (SSSR count). The van der Waals surface area contributed by atoms with E-state index in [0.717, 1.165) is 25.0 Å². The van der Waals surface area contributed by atoms with Gasteiger partial charge >= 0.3 is 0 Å². The molecule has 0 heterocycles. The number of benzene rings is 1. The summed E-state index contributed by atoms with van der Waals surface area (Å²) in [6, 6.07) is 6.53. The third-order valence-corrected chi connectivity index (χ3v) is 3.41. The number of nitrogens with two attached hydrogens (primary N) is 1. The summed E-state index contributed by atoms with van der Waals surface area (Å²) < 4.78 is 5.46. The fraction of sp³-hybridized carbons (Fsp3) is 0.647. The van der Waals surface area contributed by atoms with E-state index >= 15 is 0 Å². The van der Waals surface area contributed by atoms with Crippen molar-refractivity contribution >= 4 is 0 Å². The molecule has 0 aliphatic heterocycles. The second kappa shape index (κ2) is 5.96. The Labute approximate surface area is 118 Å². The SMILES string of the molecule is COc1ccc(C(C)(C)C)cc1CCCC(C)(C)N. The Morgan fingerprint density at radius 3 is 2.21 bits per heavy atom. The molecule has 2 nitrogen and oxygen atoms in total. The number of ether oxygens (including phenoxy) is 1. The zero-order chi connectivity index (χ0) is 14.7. The molecule has 0 saturated heterocycles. The average Bonchev–Trinajstić information content (AvgIpc) is 2.26. The minimum Gasteiger partial charge on any atom is -0.496 e. The van der Waals surface area contributed by atoms with Crippen LogP contribution in [0, 0.1) is 0 Å². The quantitative estimate of drug-likeness (QED) is 0.869. The van der Waals surface area contributed by atoms with E-state index in [0.29, 0.717) is 0 Å². The van der Waals surface area contributed by atoms with Gasteiger partial charge in [-0.1, -0.05) is 32.9 Å². The number of hydrogen-bond acceptors (Lipinski definition) is 2. The van der Waals surface area contributed by atoms with Crippen molar-refractivity contribution in [2.24, 2.45) is 5.73 Å². The van der Waals surface area contributed by atoms with Crippen LogP contribution in [0.3, 0.4) is 0 Å². The molecule has 1 aromatic rings. The van der Waals surface area contributed by atoms with E-state index in [-0.39, 0.29) is 11.0 Å². The molecule has 108 valence electrons. The van der Waals surface area contributed by atoms with Gasteiger partial charge in [0.1, 0.15) is 5.75 Å². The van der Waals surface area contributed by atoms with E-state index in [1.165, 1.54) is 11.1 Å². The van der Waals surface area contributed by atoms with E-state index in [1.54, 1.807) is 7.11 Å². The summed E-state index contributed by atoms with van der Waals surface area (Å²) in [4.78, 5) is 0. The van der Waals surface area contributed by atoms with Crippen molar-refractivity contribution in [3.05, 3.63) is 29.3 Å². The first-order valence-electron chi connectivity index (χ1n) is 7.10. The molecule has 0 amide bonds. The van der Waals surface area contributed by atoms with Crippen LogP contribution in [0.1, 0.15) is 58.6 Å². The maximum atomic E-state index is 6.04. The summed E-state index contributed by atoms with van der Waals surface area (Å²) in [6.07, 6.45) is 3.14. The highest BCUT2D eigenvalue weighted by Gasteiger charge is 2.16. The van der Waals surface area contributed by atoms with Crippen LogP contribution in [0.2, 0.25) is 0 Å². The number of hydrogen-bond donors (Lipinski definition) is 1. The van der Waals surface area contributed by atoms with Crippen LogP contribution < -0.4 is 10.5 Å². The molecule has 0 saturated carbocycles. The lowest BCUT2D eigenvalue weighted by Gasteiger charge is -2.22. The van der Waals surface area contributed by atoms with Crippen molar-refractivity contribution in [3.8, 4) is 5.75 Å². The summed E-state index contributed by atoms with van der Waals surface area (Å²) >= 11 is 0. The van der Waals surface area contributed by atoms with Gasteiger partial charge in [0.25, 0.3) is 0 Å². The monoisotopic (exact) mass is 263 g/mol. The lowest BCUT2D eigenvalue weighted by Crippen LogP contribution is -2.31. The molecule has 0 fully saturated rings. The third kappa shape index (κ3) is 5.23. The van der Waals surface area contributed by atoms with Crippen LogP contribution in [0.15, 0.2) is 18.2 Å². The van der Waals surface area contributed by atoms with Gasteiger partial charge in [-0.05, 0) is 55.7 Å². The molecular weight excluding hydrogens is 234 g/mol. The Kier molecular flexibility index (Phi) is 5.03. The molecule has 19 heavy (non-hydrogen) atoms. The second-order valence-electron chi connectivity index (χ2n) is 7.12. The predicted molar refractivity (Wildman–Crippen MR) is 82.9 cm³/mol. The van der Waals surface area contributed by atoms with Crippen molar-refractivity contribution < 1.29 is 4.74 Å². The van der Waals surface area contributed by atoms with E-state index < -0.39 is 0 Å². The van der Waals surface area contributed by atoms with E-state index in [4.69, 9.17) is 10.5 Å². The number of aryl methyl sites for hydroxylation is 1. The van der Waals surface area contributed by atoms with Gasteiger partial charge in [0, 0.05) is 5.54 Å². The minimum absolute atomic E-state index is 0.0884. The van der Waals surface area contributed by atoms with E-state index in [1.807, 2.05) is 0 Å². The number of rotatable bonds is 5. The zero-order valence-corrected chi connectivity index (χ0v) is 13.3. The van der Waals surface area contributed by atoms with Crippen LogP contribution in [-0.2, 0) is 11.8 Å². The van der Waals surface area contributed by atoms with Crippen LogP contribution in [-0.4, -0.2) is 12.6 Å². The van der Waals surface area contributed by atoms with Crippen molar-refractivity contribution in [2.45, 2.75) is 64.8 Å². The van der Waals surface area contributed by atoms with Gasteiger partial charge in [0.15, 0.2) is 0 Å². The molecule has 0 spiro atoms. The lowest BCUT2D eigenvalue weighted by molar-refractivity contribution is 0.405. The first-order chi connectivity index (χ1) is 8.63. The Balaban J connectivity index is 2.85. The average molecular weight is 263 g/mol. The molecule has 2 N–H and O–H groups in total. The highest BCUT2D eigenvalue weighted by molar-refractivity contribution is 5.39. The van der Waals surface area contributed by atoms with Crippen LogP contribution in [0.25, 0.3) is 0 Å². The molecule has 0 aromatic heterocycles. The van der Waals surface area contributed by atoms with Crippen LogP contribution in [0.5, 0.6) is 5.75 Å². The first kappa shape index (κ1) is 16.0. The second-order valence-corrected chi connectivity index (χ2v) is 7.12. The summed E-state index contributed by atoms with van der Waals surface area (Å²) in [6.45, 7) is 10.9. The van der Waals surface area contributed by atoms with Crippen LogP contribution >= 0.6 is 0 Å². The van der Waals surface area contributed by atoms with E-state index in [2.05, 4.69) is 52.8 Å². The Morgan fingerprint density at radius 1 is 1.11 bits per heavy atom. The number of methoxy groups -OCH3 is 1. The molecule has 1 aromatic carbocycles. The van der Waals surface area contributed by atoms with Gasteiger partial charge in [0.05, 0.1) is 7.11 Å². The molecule has 0 atom stereocenters. The van der Waals surface area contributed by atoms with Gasteiger partial charge in [-0.15, -0.1) is 0 Å². The molecule has 0 radical (unpaired) electrons. The standard InChI is InChI=1S/C17H29NO/c1-16(2,3)14-9-10-15(19-6)13(12-14)8-7-11-17(4,5)18/h9-10,12H,7-8,11,18H2,1-6H3. The molecular formula is C17H29NO. The Hall–Kier alpha value is -1.02. The molecule has 0 aliphatic rings. The van der Waals surface area contributed by atoms with Gasteiger partial charge < -0.3 is 10.5 Å². The first-order valence-corrected chi connectivity index (χ1v) is 7.10. The van der Waals surface area contributed by atoms with Gasteiger partial charge in [0.2, 0.25) is 0 Å². The highest BCUT2D eigenvalue weighted by Crippen LogP contribution is 2.29. The summed E-state index contributed by atoms with van der Waals surface area (Å²) in [5.74, 6) is 0.989. The van der Waals surface area contributed by atoms with Crippen molar-refractivity contribution in [3.63, 3.8) is 0 Å². The van der Waals surface area contributed by atoms with Gasteiger partial charge in [-0.3, -0.25) is 0 Å². The van der Waals surface area contributed by atoms with Crippen LogP contribution in [0.4, 0.5) is 0 Å². The normalized spacial score (nSPS) is 12.6. The van der Waals surface area contributed by atoms with Crippen molar-refractivity contribution in [2.75, 3.05) is 7.11 Å². The molecule has 2 heteroatoms. The minimum atomic E-state index is -0.0884. The molecule has 0 bridgehead atoms. The fourth-order valence-corrected chi connectivity index (χ4v) is 2.17. The third-order valence-electron chi connectivity index (χ3n) is 3.41. The molecule has 0 aliphatic carbocycles. The highest BCUT2D eigenvalue weighted by atomic mass is 16.5. The Bertz CT molecular complexity index is 410. The summed E-state index contributed by atoms with van der Waals surface area (Å²) in [5, 5.41) is 0. The van der Waals surface area contributed by atoms with E-state index in [9.17, 15) is 0 Å². The smallest absolute Gasteiger partial charge is 0.122 e. The maximum Gasteiger partial charge on any atom is 0.122 e. The van der Waals surface area contributed by atoms with Gasteiger partial charge in [-0.2, -0.15) is 0 Å². The predicted octanol–water partition coefficient (Wildman–Crippen LogP) is 4.05. The van der Waals surface area contributed by atoms with Gasteiger partial charge in [-0.25, -0.2) is 0 Å². The van der Waals surface area contributed by atoms with Crippen molar-refractivity contribution in [1.29, 1.82) is 0 Å².